The molecule has 4 atom stereocenters. The number of carboxylic acids is 1. The molecule has 342 valence electrons. The molecule has 0 bridgehead atoms. The maximum Gasteiger partial charge on any atom is 0.410 e. The molecule has 0 unspecified atom stereocenters. The second-order valence-electron chi connectivity index (χ2n) is 15.7. The number of fused-ring (bicyclic) bond motifs is 1. The topological polar surface area (TPSA) is 210 Å². The summed E-state index contributed by atoms with van der Waals surface area (Å²) in [6.07, 6.45) is -2.80. The van der Waals surface area contributed by atoms with Gasteiger partial charge in [0, 0.05) is 71.6 Å². The average molecular weight is 943 g/mol. The van der Waals surface area contributed by atoms with Crippen LogP contribution < -0.4 is 11.1 Å². The number of alkyl halides is 3. The number of oxime groups is 1. The lowest BCUT2D eigenvalue weighted by atomic mass is 9.80. The molecular weight excluding hydrogens is 902 g/mol. The summed E-state index contributed by atoms with van der Waals surface area (Å²) < 4.78 is 51.5. The predicted molar refractivity (Wildman–Crippen MR) is 236 cm³/mol. The number of nitrogen functional groups attached to an aromatic ring is 1. The van der Waals surface area contributed by atoms with Crippen LogP contribution in [0.1, 0.15) is 28.9 Å². The molecule has 4 aliphatic heterocycles. The largest absolute Gasteiger partial charge is 0.477 e. The Hall–Kier alpha value is -7.00. The molecule has 3 aromatic carbocycles. The second kappa shape index (κ2) is 18.8. The minimum atomic E-state index is -4.65. The third-order valence-corrected chi connectivity index (χ3v) is 13.5. The highest BCUT2D eigenvalue weighted by Crippen LogP contribution is 2.44. The number of nitrogens with zero attached hydrogens (tertiary/aromatic N) is 6. The van der Waals surface area contributed by atoms with Crippen LogP contribution in [0.4, 0.5) is 23.1 Å². The van der Waals surface area contributed by atoms with Gasteiger partial charge in [-0.3, -0.25) is 19.3 Å². The molecule has 1 aromatic heterocycles. The highest BCUT2D eigenvalue weighted by Gasteiger charge is 2.55. The summed E-state index contributed by atoms with van der Waals surface area (Å²) in [6, 6.07) is 26.5. The molecule has 0 radical (unpaired) electrons. The van der Waals surface area contributed by atoms with Crippen molar-refractivity contribution in [2.45, 2.75) is 29.6 Å². The number of halogens is 3. The van der Waals surface area contributed by atoms with Gasteiger partial charge in [-0.1, -0.05) is 109 Å². The zero-order valence-corrected chi connectivity index (χ0v) is 36.4. The highest BCUT2D eigenvalue weighted by atomic mass is 32.2. The van der Waals surface area contributed by atoms with Crippen molar-refractivity contribution in [3.8, 4) is 0 Å². The van der Waals surface area contributed by atoms with E-state index in [0.717, 1.165) is 33.1 Å². The maximum atomic E-state index is 14.3. The van der Waals surface area contributed by atoms with Crippen LogP contribution in [0, 0.1) is 11.8 Å². The first kappa shape index (κ1) is 45.6. The molecule has 66 heavy (non-hydrogen) atoms. The number of ether oxygens (including phenoxy) is 1. The summed E-state index contributed by atoms with van der Waals surface area (Å²) in [5.74, 6) is -6.93. The van der Waals surface area contributed by atoms with Gasteiger partial charge in [-0.05, 0) is 18.1 Å². The summed E-state index contributed by atoms with van der Waals surface area (Å²) >= 11 is 1.95. The van der Waals surface area contributed by atoms with Crippen LogP contribution in [0.15, 0.2) is 132 Å². The number of carbonyl (C=O) groups is 5. The number of β-lactam (4-membered cyclic amide) rings is 1. The molecule has 16 nitrogen and oxygen atoms in total. The van der Waals surface area contributed by atoms with E-state index in [1.807, 2.05) is 91.0 Å². The fraction of sp³-hybridized carbons (Fsp3) is 0.289. The van der Waals surface area contributed by atoms with E-state index in [1.54, 1.807) is 0 Å². The van der Waals surface area contributed by atoms with Crippen LogP contribution in [0.2, 0.25) is 0 Å². The fourth-order valence-electron chi connectivity index (χ4n) is 8.54. The second-order valence-corrected chi connectivity index (χ2v) is 17.5. The number of carbonyl (C=O) groups excluding carboxylic acids is 4. The van der Waals surface area contributed by atoms with Crippen molar-refractivity contribution >= 4 is 63.9 Å². The van der Waals surface area contributed by atoms with E-state index in [0.29, 0.717) is 16.7 Å². The van der Waals surface area contributed by atoms with E-state index >= 15 is 0 Å². The summed E-state index contributed by atoms with van der Waals surface area (Å²) in [6.45, 7) is 2.12. The zero-order valence-electron chi connectivity index (χ0n) is 34.8. The number of anilines is 1. The molecule has 4 amide bonds. The Balaban J connectivity index is 1.02. The Kier molecular flexibility index (Phi) is 13.0. The van der Waals surface area contributed by atoms with Crippen molar-refractivity contribution in [1.82, 2.24) is 29.4 Å². The average Bonchev–Trinajstić information content (AvgIpc) is 4.05. The van der Waals surface area contributed by atoms with Crippen LogP contribution in [0.5, 0.6) is 0 Å². The third kappa shape index (κ3) is 8.86. The van der Waals surface area contributed by atoms with Crippen LogP contribution in [-0.2, 0) is 34.4 Å². The van der Waals surface area contributed by atoms with E-state index in [-0.39, 0.29) is 60.5 Å². The van der Waals surface area contributed by atoms with Gasteiger partial charge in [0.25, 0.3) is 11.8 Å². The highest BCUT2D eigenvalue weighted by molar-refractivity contribution is 8.00. The van der Waals surface area contributed by atoms with Gasteiger partial charge in [-0.25, -0.2) is 9.59 Å². The number of hydrogen-bond donors (Lipinski definition) is 3. The number of allylic oxidation sites excluding steroid dienone is 1. The van der Waals surface area contributed by atoms with Crippen LogP contribution in [0.3, 0.4) is 0 Å². The number of aliphatic carboxylic acids is 1. The quantitative estimate of drug-likeness (QED) is 0.0374. The van der Waals surface area contributed by atoms with Crippen molar-refractivity contribution in [3.05, 3.63) is 149 Å². The summed E-state index contributed by atoms with van der Waals surface area (Å²) in [5.41, 5.74) is 6.01. The Morgan fingerprint density at radius 1 is 0.970 bits per heavy atom. The Morgan fingerprint density at radius 2 is 1.59 bits per heavy atom. The molecule has 0 spiro atoms. The lowest BCUT2D eigenvalue weighted by Crippen LogP contribution is -2.71. The number of carboxylic acid groups (broad SMARTS) is 1. The van der Waals surface area contributed by atoms with E-state index in [4.69, 9.17) is 15.3 Å². The molecule has 4 aromatic rings. The Bertz CT molecular complexity index is 2530. The molecule has 5 heterocycles. The number of hydrogen-bond acceptors (Lipinski definition) is 13. The van der Waals surface area contributed by atoms with Gasteiger partial charge in [0.2, 0.25) is 23.0 Å². The van der Waals surface area contributed by atoms with Crippen molar-refractivity contribution in [1.29, 1.82) is 0 Å². The van der Waals surface area contributed by atoms with Crippen molar-refractivity contribution in [3.63, 3.8) is 0 Å². The summed E-state index contributed by atoms with van der Waals surface area (Å²) in [5, 5.41) is 16.6. The van der Waals surface area contributed by atoms with Crippen LogP contribution in [0.25, 0.3) is 0 Å². The first-order valence-electron chi connectivity index (χ1n) is 20.5. The van der Waals surface area contributed by atoms with E-state index in [9.17, 15) is 42.3 Å². The van der Waals surface area contributed by atoms with Crippen molar-refractivity contribution in [2.75, 3.05) is 44.3 Å². The molecule has 4 N–H and O–H groups in total. The minimum Gasteiger partial charge on any atom is -0.477 e. The van der Waals surface area contributed by atoms with Gasteiger partial charge in [-0.2, -0.15) is 22.5 Å². The van der Waals surface area contributed by atoms with Crippen molar-refractivity contribution < 1.29 is 51.8 Å². The molecule has 0 aliphatic carbocycles. The van der Waals surface area contributed by atoms with Crippen molar-refractivity contribution in [2.24, 2.45) is 17.0 Å². The molecule has 4 aliphatic rings. The number of nitrogens with one attached hydrogen (secondary N) is 1. The smallest absolute Gasteiger partial charge is 0.410 e. The standard InChI is InChI=1S/C45H41F3N8O8S2/c1-2-20-63-43(62)55-23-28(32(24-55)45(46,47)48)22-54-19-18-26(38(54)58)21-27-25-65-40-34(39(59)56(40)35(27)41(60)61)50-37(57)33(36-51-42(49)66-53-36)52-64-44(29-12-6-3-7-13-29,30-14-8-4-9-15-30)31-16-10-5-11-17-31/h2-17,21,28,32,34,40H,1,18-20,22-25H2,(H,50,57)(H,60,61)(H2,49,51,53)/t28-,32-,34+,40+/m0/s1. The van der Waals surface area contributed by atoms with Gasteiger partial charge in [-0.15, -0.1) is 11.8 Å². The first-order chi connectivity index (χ1) is 31.7. The van der Waals surface area contributed by atoms with Gasteiger partial charge >= 0.3 is 18.2 Å². The predicted octanol–water partition coefficient (Wildman–Crippen LogP) is 5.16. The molecule has 8 rings (SSSR count). The molecule has 3 fully saturated rings. The minimum absolute atomic E-state index is 0.00175. The lowest BCUT2D eigenvalue weighted by molar-refractivity contribution is -0.181. The Labute approximate surface area is 383 Å². The number of aromatic nitrogens is 2. The maximum absolute atomic E-state index is 14.3. The number of thioether (sulfide) groups is 1. The van der Waals surface area contributed by atoms with E-state index in [1.165, 1.54) is 17.1 Å². The third-order valence-electron chi connectivity index (χ3n) is 11.6. The first-order valence-corrected chi connectivity index (χ1v) is 22.4. The fourth-order valence-corrected chi connectivity index (χ4v) is 10.3. The number of rotatable bonds is 14. The summed E-state index contributed by atoms with van der Waals surface area (Å²) in [4.78, 5) is 80.9. The van der Waals surface area contributed by atoms with Gasteiger partial charge in [0.1, 0.15) is 23.7 Å². The molecular formula is C45H41F3N8O8S2. The number of likely N-dealkylation sites (tertiary alicyclic amines) is 2. The number of nitrogens with two attached hydrogens (primary N) is 1. The van der Waals surface area contributed by atoms with E-state index < -0.39 is 82.8 Å². The number of amides is 4. The van der Waals surface area contributed by atoms with Gasteiger partial charge in [0.05, 0.1) is 5.92 Å². The van der Waals surface area contributed by atoms with Crippen LogP contribution >= 0.6 is 23.3 Å². The molecule has 21 heteroatoms. The summed E-state index contributed by atoms with van der Waals surface area (Å²) in [7, 11) is 0. The van der Waals surface area contributed by atoms with Gasteiger partial charge in [0.15, 0.2) is 5.13 Å². The van der Waals surface area contributed by atoms with E-state index in [2.05, 4.69) is 26.4 Å². The normalized spacial score (nSPS) is 21.7. The van der Waals surface area contributed by atoms with Crippen LogP contribution in [-0.4, -0.2) is 121 Å². The molecule has 0 saturated carbocycles. The van der Waals surface area contributed by atoms with Gasteiger partial charge < -0.3 is 35.5 Å². The zero-order chi connectivity index (χ0) is 46.8. The monoisotopic (exact) mass is 942 g/mol. The Morgan fingerprint density at radius 3 is 2.14 bits per heavy atom. The lowest BCUT2D eigenvalue weighted by Gasteiger charge is -2.49. The number of benzene rings is 3. The molecule has 3 saturated heterocycles. The SMILES string of the molecule is C=CCOC(=O)N1C[C@H](CN2CCC(=CC3=C(C(=O)O)N4C(=O)[C@@H](NC(=O)C(=NOC(c5ccccc5)(c5ccccc5)c5ccccc5)c5nsc(N)n5)[C@H]4SC3)C2=O)[C@@H](C(F)(F)F)C1.